The van der Waals surface area contributed by atoms with E-state index in [0.717, 1.165) is 17.1 Å². The van der Waals surface area contributed by atoms with Crippen LogP contribution in [0.3, 0.4) is 0 Å². The van der Waals surface area contributed by atoms with Gasteiger partial charge >= 0.3 is 0 Å². The summed E-state index contributed by atoms with van der Waals surface area (Å²) in [5.41, 5.74) is 0.988. The molecule has 1 atom stereocenters. The predicted molar refractivity (Wildman–Crippen MR) is 67.5 cm³/mol. The van der Waals surface area contributed by atoms with Gasteiger partial charge < -0.3 is 5.32 Å². The third-order valence-electron chi connectivity index (χ3n) is 2.09. The Morgan fingerprint density at radius 3 is 2.75 bits per heavy atom. The summed E-state index contributed by atoms with van der Waals surface area (Å²) in [6, 6.07) is -0.0400. The van der Waals surface area contributed by atoms with Crippen LogP contribution < -0.4 is 5.32 Å². The highest BCUT2D eigenvalue weighted by Gasteiger charge is 2.10. The van der Waals surface area contributed by atoms with Gasteiger partial charge in [0, 0.05) is 24.2 Å². The zero-order valence-electron chi connectivity index (χ0n) is 9.86. The third kappa shape index (κ3) is 5.05. The van der Waals surface area contributed by atoms with Gasteiger partial charge in [0.05, 0.1) is 16.5 Å². The third-order valence-corrected chi connectivity index (χ3v) is 4.23. The molecule has 0 radical (unpaired) electrons. The first-order valence-electron chi connectivity index (χ1n) is 5.25. The van der Waals surface area contributed by atoms with E-state index in [1.807, 2.05) is 12.3 Å². The van der Waals surface area contributed by atoms with Gasteiger partial charge in [0.25, 0.3) is 0 Å². The van der Waals surface area contributed by atoms with Crippen LogP contribution in [-0.2, 0) is 22.8 Å². The Morgan fingerprint density at radius 2 is 2.25 bits per heavy atom. The molecular weight excluding hydrogens is 244 g/mol. The number of aryl methyl sites for hydroxylation is 1. The molecule has 1 heterocycles. The van der Waals surface area contributed by atoms with Crippen LogP contribution in [0.1, 0.15) is 24.5 Å². The Morgan fingerprint density at radius 1 is 1.56 bits per heavy atom. The van der Waals surface area contributed by atoms with Gasteiger partial charge in [-0.1, -0.05) is 6.92 Å². The monoisotopic (exact) mass is 262 g/mol. The fraction of sp³-hybridized carbons (Fsp3) is 0.700. The summed E-state index contributed by atoms with van der Waals surface area (Å²) >= 11 is 1.64. The molecule has 6 heteroatoms. The Bertz CT molecular complexity index is 426. The van der Waals surface area contributed by atoms with Crippen LogP contribution in [0.5, 0.6) is 0 Å². The molecule has 0 aliphatic carbocycles. The van der Waals surface area contributed by atoms with E-state index in [2.05, 4.69) is 17.2 Å². The molecule has 1 aromatic heterocycles. The summed E-state index contributed by atoms with van der Waals surface area (Å²) in [6.45, 7) is 4.57. The molecule has 0 saturated carbocycles. The first-order chi connectivity index (χ1) is 7.40. The van der Waals surface area contributed by atoms with E-state index in [1.165, 1.54) is 6.26 Å². The van der Waals surface area contributed by atoms with Crippen molar-refractivity contribution >= 4 is 21.2 Å². The lowest BCUT2D eigenvalue weighted by Crippen LogP contribution is -2.32. The number of aromatic nitrogens is 1. The second-order valence-electron chi connectivity index (χ2n) is 3.96. The number of nitrogens with zero attached hydrogens (tertiary/aromatic N) is 1. The van der Waals surface area contributed by atoms with Gasteiger partial charge in [0.1, 0.15) is 9.84 Å². The van der Waals surface area contributed by atoms with Crippen molar-refractivity contribution in [1.82, 2.24) is 10.3 Å². The van der Waals surface area contributed by atoms with Crippen LogP contribution in [0.2, 0.25) is 0 Å². The topological polar surface area (TPSA) is 59.1 Å². The maximum Gasteiger partial charge on any atom is 0.148 e. The summed E-state index contributed by atoms with van der Waals surface area (Å²) in [7, 11) is -2.91. The molecule has 0 amide bonds. The molecule has 16 heavy (non-hydrogen) atoms. The Labute approximate surface area is 101 Å². The average Bonchev–Trinajstić information content (AvgIpc) is 2.59. The Balaban J connectivity index is 2.39. The number of thiazole rings is 1. The Hall–Kier alpha value is -0.460. The van der Waals surface area contributed by atoms with Crippen molar-refractivity contribution in [2.45, 2.75) is 32.9 Å². The van der Waals surface area contributed by atoms with E-state index in [1.54, 1.807) is 11.3 Å². The maximum absolute atomic E-state index is 11.0. The first-order valence-corrected chi connectivity index (χ1v) is 8.19. The highest BCUT2D eigenvalue weighted by atomic mass is 32.2. The lowest BCUT2D eigenvalue weighted by Gasteiger charge is -2.11. The number of rotatable bonds is 6. The summed E-state index contributed by atoms with van der Waals surface area (Å²) in [4.78, 5) is 4.40. The summed E-state index contributed by atoms with van der Waals surface area (Å²) in [6.07, 6.45) is 2.20. The van der Waals surface area contributed by atoms with E-state index >= 15 is 0 Å². The van der Waals surface area contributed by atoms with Crippen LogP contribution in [0.4, 0.5) is 0 Å². The van der Waals surface area contributed by atoms with E-state index in [-0.39, 0.29) is 11.8 Å². The summed E-state index contributed by atoms with van der Waals surface area (Å²) in [5.74, 6) is 0.164. The maximum atomic E-state index is 11.0. The van der Waals surface area contributed by atoms with E-state index in [0.29, 0.717) is 6.54 Å². The van der Waals surface area contributed by atoms with E-state index in [4.69, 9.17) is 0 Å². The van der Waals surface area contributed by atoms with Crippen LogP contribution in [0, 0.1) is 0 Å². The molecule has 0 aliphatic rings. The molecule has 1 unspecified atom stereocenters. The molecule has 0 fully saturated rings. The van der Waals surface area contributed by atoms with Crippen LogP contribution in [0.25, 0.3) is 0 Å². The SMILES string of the molecule is CCc1nc(CNC(C)CS(C)(=O)=O)cs1. The van der Waals surface area contributed by atoms with Crippen molar-refractivity contribution in [2.75, 3.05) is 12.0 Å². The van der Waals surface area contributed by atoms with Gasteiger partial charge in [-0.25, -0.2) is 13.4 Å². The summed E-state index contributed by atoms with van der Waals surface area (Å²) in [5, 5.41) is 6.29. The molecule has 1 aromatic rings. The second kappa shape index (κ2) is 5.75. The molecular formula is C10H18N2O2S2. The molecule has 1 N–H and O–H groups in total. The van der Waals surface area contributed by atoms with Crippen LogP contribution in [-0.4, -0.2) is 31.5 Å². The van der Waals surface area contributed by atoms with Gasteiger partial charge in [-0.2, -0.15) is 0 Å². The second-order valence-corrected chi connectivity index (χ2v) is 7.09. The normalized spacial score (nSPS) is 13.9. The zero-order valence-corrected chi connectivity index (χ0v) is 11.5. The lowest BCUT2D eigenvalue weighted by molar-refractivity contribution is 0.557. The molecule has 92 valence electrons. The number of nitrogens with one attached hydrogen (secondary N) is 1. The number of sulfone groups is 1. The molecule has 0 spiro atoms. The van der Waals surface area contributed by atoms with Gasteiger partial charge in [-0.3, -0.25) is 0 Å². The lowest BCUT2D eigenvalue weighted by atomic mass is 10.3. The van der Waals surface area contributed by atoms with Crippen LogP contribution in [0.15, 0.2) is 5.38 Å². The van der Waals surface area contributed by atoms with Crippen molar-refractivity contribution < 1.29 is 8.42 Å². The molecule has 4 nitrogen and oxygen atoms in total. The smallest absolute Gasteiger partial charge is 0.148 e. The molecule has 0 aliphatic heterocycles. The highest BCUT2D eigenvalue weighted by molar-refractivity contribution is 7.90. The predicted octanol–water partition coefficient (Wildman–Crippen LogP) is 1.23. The quantitative estimate of drug-likeness (QED) is 0.837. The first kappa shape index (κ1) is 13.6. The molecule has 0 aromatic carbocycles. The standard InChI is InChI=1S/C10H18N2O2S2/c1-4-10-12-9(6-15-10)5-11-8(2)7-16(3,13)14/h6,8,11H,4-5,7H2,1-3H3. The van der Waals surface area contributed by atoms with E-state index < -0.39 is 9.84 Å². The van der Waals surface area contributed by atoms with Crippen molar-refractivity contribution in [3.63, 3.8) is 0 Å². The molecule has 0 saturated heterocycles. The zero-order chi connectivity index (χ0) is 12.2. The van der Waals surface area contributed by atoms with Gasteiger partial charge in [-0.15, -0.1) is 11.3 Å². The Kier molecular flexibility index (Phi) is 4.89. The highest BCUT2D eigenvalue weighted by Crippen LogP contribution is 2.09. The van der Waals surface area contributed by atoms with Crippen LogP contribution >= 0.6 is 11.3 Å². The van der Waals surface area contributed by atoms with Crippen molar-refractivity contribution in [1.29, 1.82) is 0 Å². The number of hydrogen-bond acceptors (Lipinski definition) is 5. The average molecular weight is 262 g/mol. The minimum absolute atomic E-state index is 0.0400. The van der Waals surface area contributed by atoms with Gasteiger partial charge in [0.15, 0.2) is 0 Å². The minimum Gasteiger partial charge on any atom is -0.308 e. The van der Waals surface area contributed by atoms with Gasteiger partial charge in [0.2, 0.25) is 0 Å². The molecule has 0 bridgehead atoms. The largest absolute Gasteiger partial charge is 0.308 e. The molecule has 1 rings (SSSR count). The fourth-order valence-electron chi connectivity index (χ4n) is 1.38. The fourth-order valence-corrected chi connectivity index (χ4v) is 3.16. The summed E-state index contributed by atoms with van der Waals surface area (Å²) < 4.78 is 22.1. The minimum atomic E-state index is -2.91. The van der Waals surface area contributed by atoms with Crippen molar-refractivity contribution in [3.05, 3.63) is 16.1 Å². The van der Waals surface area contributed by atoms with Gasteiger partial charge in [-0.05, 0) is 13.3 Å². The number of hydrogen-bond donors (Lipinski definition) is 1. The van der Waals surface area contributed by atoms with Crippen molar-refractivity contribution in [2.24, 2.45) is 0 Å². The van der Waals surface area contributed by atoms with Crippen molar-refractivity contribution in [3.8, 4) is 0 Å². The van der Waals surface area contributed by atoms with E-state index in [9.17, 15) is 8.42 Å².